The first-order valence-electron chi connectivity index (χ1n) is 15.1. The second kappa shape index (κ2) is 11.5. The second-order valence-corrected chi connectivity index (χ2v) is 13.0. The standard InChI is InChI=1S/C34H40N4O5/c1-7-33(3,4)27(39)31(41)37-19-23-15-11-9-13-21(23)17-25(37)29-35-36-30(43-29)26-18-22-14-10-12-16-24(22)20-38(26)32(42)28(40)34(5,6)8-2/h9-16,25-26H,7-8,17-20H2,1-6H3/t25-,26?/m0/s1. The number of rotatable bonds is 8. The van der Waals surface area contributed by atoms with E-state index in [1.807, 2.05) is 62.4 Å². The summed E-state index contributed by atoms with van der Waals surface area (Å²) in [4.78, 5) is 57.0. The number of ketones is 2. The number of carbonyl (C=O) groups is 4. The molecule has 3 aromatic rings. The number of hydrogen-bond acceptors (Lipinski definition) is 7. The maximum atomic E-state index is 13.7. The largest absolute Gasteiger partial charge is 0.421 e. The molecule has 0 spiro atoms. The quantitative estimate of drug-likeness (QED) is 0.329. The van der Waals surface area contributed by atoms with E-state index in [0.29, 0.717) is 25.7 Å². The summed E-state index contributed by atoms with van der Waals surface area (Å²) in [6.07, 6.45) is 1.86. The molecule has 0 N–H and O–H groups in total. The van der Waals surface area contributed by atoms with E-state index in [-0.39, 0.29) is 24.9 Å². The van der Waals surface area contributed by atoms with Crippen molar-refractivity contribution in [3.8, 4) is 0 Å². The lowest BCUT2D eigenvalue weighted by Gasteiger charge is -2.37. The van der Waals surface area contributed by atoms with Gasteiger partial charge in [-0.05, 0) is 35.1 Å². The van der Waals surface area contributed by atoms with Crippen molar-refractivity contribution in [2.75, 3.05) is 0 Å². The van der Waals surface area contributed by atoms with Gasteiger partial charge in [0.15, 0.2) is 0 Å². The Morgan fingerprint density at radius 2 is 1.02 bits per heavy atom. The Morgan fingerprint density at radius 1 is 0.674 bits per heavy atom. The molecule has 0 saturated heterocycles. The van der Waals surface area contributed by atoms with Crippen LogP contribution in [0.4, 0.5) is 0 Å². The Morgan fingerprint density at radius 3 is 1.37 bits per heavy atom. The van der Waals surface area contributed by atoms with Crippen molar-refractivity contribution in [2.45, 2.75) is 92.4 Å². The molecule has 3 heterocycles. The highest BCUT2D eigenvalue weighted by molar-refractivity contribution is 6.38. The van der Waals surface area contributed by atoms with Crippen molar-refractivity contribution < 1.29 is 23.6 Å². The van der Waals surface area contributed by atoms with Crippen LogP contribution in [-0.4, -0.2) is 43.4 Å². The first-order chi connectivity index (χ1) is 20.4. The van der Waals surface area contributed by atoms with Crippen LogP contribution in [0.5, 0.6) is 0 Å². The fourth-order valence-electron chi connectivity index (χ4n) is 5.59. The van der Waals surface area contributed by atoms with Crippen LogP contribution >= 0.6 is 0 Å². The first-order valence-corrected chi connectivity index (χ1v) is 15.1. The lowest BCUT2D eigenvalue weighted by Crippen LogP contribution is -2.46. The molecule has 0 bridgehead atoms. The van der Waals surface area contributed by atoms with Gasteiger partial charge in [0.1, 0.15) is 12.1 Å². The molecule has 1 unspecified atom stereocenters. The minimum Gasteiger partial charge on any atom is -0.421 e. The summed E-state index contributed by atoms with van der Waals surface area (Å²) in [6.45, 7) is 11.4. The van der Waals surface area contributed by atoms with Gasteiger partial charge in [0.05, 0.1) is 0 Å². The van der Waals surface area contributed by atoms with Gasteiger partial charge in [-0.15, -0.1) is 10.2 Å². The molecule has 43 heavy (non-hydrogen) atoms. The van der Waals surface area contributed by atoms with Crippen LogP contribution in [0.15, 0.2) is 52.9 Å². The van der Waals surface area contributed by atoms with E-state index in [9.17, 15) is 19.2 Å². The highest BCUT2D eigenvalue weighted by atomic mass is 16.4. The zero-order chi connectivity index (χ0) is 31.1. The molecule has 5 rings (SSSR count). The van der Waals surface area contributed by atoms with Crippen LogP contribution in [0.25, 0.3) is 0 Å². The third kappa shape index (κ3) is 5.65. The molecule has 2 aliphatic rings. The maximum Gasteiger partial charge on any atom is 0.291 e. The van der Waals surface area contributed by atoms with Crippen LogP contribution in [0, 0.1) is 10.8 Å². The van der Waals surface area contributed by atoms with Gasteiger partial charge in [-0.2, -0.15) is 0 Å². The third-order valence-corrected chi connectivity index (χ3v) is 9.43. The average molecular weight is 585 g/mol. The molecule has 9 heteroatoms. The van der Waals surface area contributed by atoms with Crippen LogP contribution in [0.1, 0.15) is 101 Å². The van der Waals surface area contributed by atoms with E-state index in [1.54, 1.807) is 27.7 Å². The van der Waals surface area contributed by atoms with E-state index >= 15 is 0 Å². The lowest BCUT2D eigenvalue weighted by molar-refractivity contribution is -0.152. The van der Waals surface area contributed by atoms with Crippen LogP contribution in [0.2, 0.25) is 0 Å². The van der Waals surface area contributed by atoms with E-state index in [4.69, 9.17) is 4.42 Å². The molecule has 226 valence electrons. The summed E-state index contributed by atoms with van der Waals surface area (Å²) < 4.78 is 6.30. The zero-order valence-electron chi connectivity index (χ0n) is 25.8. The number of hydrogen-bond donors (Lipinski definition) is 0. The van der Waals surface area contributed by atoms with Crippen molar-refractivity contribution in [1.29, 1.82) is 0 Å². The summed E-state index contributed by atoms with van der Waals surface area (Å²) in [5.41, 5.74) is 2.38. The fourth-order valence-corrected chi connectivity index (χ4v) is 5.59. The molecule has 0 fully saturated rings. The highest BCUT2D eigenvalue weighted by Gasteiger charge is 2.44. The second-order valence-electron chi connectivity index (χ2n) is 13.0. The SMILES string of the molecule is CCC(C)(C)C(=O)C(=O)N1Cc2ccccc2CC1c1nnc([C@@H]2Cc3ccccc3CN2C(=O)C(=O)C(C)(C)CC)o1. The van der Waals surface area contributed by atoms with Crippen molar-refractivity contribution in [3.63, 3.8) is 0 Å². The van der Waals surface area contributed by atoms with Gasteiger partial charge >= 0.3 is 0 Å². The molecule has 2 aromatic carbocycles. The number of carbonyl (C=O) groups excluding carboxylic acids is 4. The molecule has 1 aromatic heterocycles. The van der Waals surface area contributed by atoms with Crippen molar-refractivity contribution >= 4 is 23.4 Å². The Bertz CT molecular complexity index is 1460. The molecular weight excluding hydrogens is 544 g/mol. The zero-order valence-corrected chi connectivity index (χ0v) is 25.8. The minimum atomic E-state index is -0.812. The molecule has 2 atom stereocenters. The van der Waals surface area contributed by atoms with Crippen molar-refractivity contribution in [3.05, 3.63) is 82.6 Å². The van der Waals surface area contributed by atoms with Crippen molar-refractivity contribution in [2.24, 2.45) is 10.8 Å². The van der Waals surface area contributed by atoms with E-state index < -0.39 is 46.3 Å². The summed E-state index contributed by atoms with van der Waals surface area (Å²) in [7, 11) is 0. The van der Waals surface area contributed by atoms with E-state index in [2.05, 4.69) is 10.2 Å². The highest BCUT2D eigenvalue weighted by Crippen LogP contribution is 2.38. The Labute approximate surface area is 252 Å². The summed E-state index contributed by atoms with van der Waals surface area (Å²) in [5, 5.41) is 8.75. The van der Waals surface area contributed by atoms with Gasteiger partial charge in [-0.1, -0.05) is 90.1 Å². The van der Waals surface area contributed by atoms with Gasteiger partial charge in [-0.25, -0.2) is 0 Å². The number of aromatic nitrogens is 2. The molecule has 0 aliphatic carbocycles. The third-order valence-electron chi connectivity index (χ3n) is 9.43. The van der Waals surface area contributed by atoms with Gasteiger partial charge in [0.25, 0.3) is 11.8 Å². The summed E-state index contributed by atoms with van der Waals surface area (Å²) in [6, 6.07) is 14.3. The van der Waals surface area contributed by atoms with E-state index in [0.717, 1.165) is 22.3 Å². The number of amides is 2. The number of benzene rings is 2. The normalized spacial score (nSPS) is 18.6. The van der Waals surface area contributed by atoms with Gasteiger partial charge in [0.2, 0.25) is 23.3 Å². The molecule has 9 nitrogen and oxygen atoms in total. The van der Waals surface area contributed by atoms with Crippen LogP contribution in [-0.2, 0) is 45.1 Å². The molecule has 0 saturated carbocycles. The monoisotopic (exact) mass is 584 g/mol. The average Bonchev–Trinajstić information content (AvgIpc) is 3.52. The van der Waals surface area contributed by atoms with Gasteiger partial charge < -0.3 is 14.2 Å². The van der Waals surface area contributed by atoms with Crippen molar-refractivity contribution in [1.82, 2.24) is 20.0 Å². The smallest absolute Gasteiger partial charge is 0.291 e. The maximum absolute atomic E-state index is 13.7. The molecule has 2 amide bonds. The number of nitrogens with zero attached hydrogens (tertiary/aromatic N) is 4. The van der Waals surface area contributed by atoms with Gasteiger partial charge in [0, 0.05) is 36.8 Å². The predicted octanol–water partition coefficient (Wildman–Crippen LogP) is 5.33. The first kappa shape index (κ1) is 30.3. The van der Waals surface area contributed by atoms with E-state index in [1.165, 1.54) is 9.80 Å². The number of Topliss-reactive ketones (excluding diaryl/α,β-unsaturated/α-hetero) is 2. The Kier molecular flexibility index (Phi) is 8.11. The Hall–Kier alpha value is -4.14. The summed E-state index contributed by atoms with van der Waals surface area (Å²) >= 11 is 0. The van der Waals surface area contributed by atoms with Gasteiger partial charge in [-0.3, -0.25) is 19.2 Å². The summed E-state index contributed by atoms with van der Waals surface area (Å²) in [5.74, 6) is -1.68. The minimum absolute atomic E-state index is 0.200. The topological polar surface area (TPSA) is 114 Å². The predicted molar refractivity (Wildman–Crippen MR) is 159 cm³/mol. The molecular formula is C34H40N4O5. The molecule has 2 aliphatic heterocycles. The Balaban J connectivity index is 1.52. The number of fused-ring (bicyclic) bond motifs is 2. The lowest BCUT2D eigenvalue weighted by atomic mass is 9.83. The van der Waals surface area contributed by atoms with Crippen LogP contribution < -0.4 is 0 Å². The fraction of sp³-hybridized carbons (Fsp3) is 0.471. The van der Waals surface area contributed by atoms with Crippen LogP contribution in [0.3, 0.4) is 0 Å². The molecule has 0 radical (unpaired) electrons.